The van der Waals surface area contributed by atoms with Crippen molar-refractivity contribution < 1.29 is 9.18 Å². The van der Waals surface area contributed by atoms with Crippen LogP contribution in [0, 0.1) is 0 Å². The van der Waals surface area contributed by atoms with Crippen LogP contribution in [0.4, 0.5) is 4.39 Å². The maximum atomic E-state index is 12.5. The van der Waals surface area contributed by atoms with Crippen molar-refractivity contribution in [3.8, 4) is 0 Å². The van der Waals surface area contributed by atoms with Gasteiger partial charge in [0.1, 0.15) is 0 Å². The second kappa shape index (κ2) is 7.18. The number of nitrogens with zero attached hydrogens (tertiary/aromatic N) is 1. The molecule has 0 spiro atoms. The highest BCUT2D eigenvalue weighted by atomic mass is 19.1. The zero-order chi connectivity index (χ0) is 11.0. The first-order chi connectivity index (χ1) is 6.63. The molecule has 14 heavy (non-hydrogen) atoms. The minimum absolute atomic E-state index is 0.185. The van der Waals surface area contributed by atoms with Gasteiger partial charge in [-0.3, -0.25) is 9.79 Å². The van der Waals surface area contributed by atoms with Crippen molar-refractivity contribution in [1.82, 2.24) is 0 Å². The summed E-state index contributed by atoms with van der Waals surface area (Å²) in [6.45, 7) is 5.05. The Kier molecular flexibility index (Phi) is 6.54. The monoisotopic (exact) mass is 197 g/mol. The molecule has 1 unspecified atom stereocenters. The van der Waals surface area contributed by atoms with E-state index in [0.717, 1.165) is 6.29 Å². The number of carbonyl (C=O) groups is 1. The van der Waals surface area contributed by atoms with E-state index < -0.39 is 0 Å². The van der Waals surface area contributed by atoms with Gasteiger partial charge < -0.3 is 0 Å². The molecule has 0 aliphatic carbocycles. The molecule has 0 aromatic heterocycles. The summed E-state index contributed by atoms with van der Waals surface area (Å²) in [5, 5.41) is 0. The van der Waals surface area contributed by atoms with Gasteiger partial charge in [0.05, 0.1) is 11.9 Å². The number of hydrogen-bond donors (Lipinski definition) is 0. The lowest BCUT2D eigenvalue weighted by Gasteiger charge is -2.02. The highest BCUT2D eigenvalue weighted by Gasteiger charge is 1.99. The Labute approximate surface area is 84.2 Å². The van der Waals surface area contributed by atoms with E-state index in [1.165, 1.54) is 19.2 Å². The SMILES string of the molecule is C/C=C(/C=O)C=NC(/C=C(/C)F)CC. The quantitative estimate of drug-likeness (QED) is 0.378. The molecule has 0 aliphatic heterocycles. The van der Waals surface area contributed by atoms with E-state index in [2.05, 4.69) is 4.99 Å². The fourth-order valence-electron chi connectivity index (χ4n) is 0.886. The number of carbonyl (C=O) groups excluding carboxylic acids is 1. The van der Waals surface area contributed by atoms with Gasteiger partial charge in [-0.1, -0.05) is 13.0 Å². The van der Waals surface area contributed by atoms with E-state index in [0.29, 0.717) is 12.0 Å². The number of rotatable bonds is 5. The minimum Gasteiger partial charge on any atom is -0.298 e. The van der Waals surface area contributed by atoms with Crippen LogP contribution in [0.2, 0.25) is 0 Å². The van der Waals surface area contributed by atoms with Gasteiger partial charge >= 0.3 is 0 Å². The molecule has 0 aliphatic rings. The zero-order valence-corrected chi connectivity index (χ0v) is 8.83. The molecule has 0 amide bonds. The van der Waals surface area contributed by atoms with Gasteiger partial charge in [0.2, 0.25) is 0 Å². The Bertz CT molecular complexity index is 262. The summed E-state index contributed by atoms with van der Waals surface area (Å²) in [5.74, 6) is -0.248. The van der Waals surface area contributed by atoms with Crippen molar-refractivity contribution in [3.05, 3.63) is 23.6 Å². The lowest BCUT2D eigenvalue weighted by molar-refractivity contribution is -0.104. The van der Waals surface area contributed by atoms with Gasteiger partial charge in [0.25, 0.3) is 0 Å². The smallest absolute Gasteiger partial charge is 0.151 e. The van der Waals surface area contributed by atoms with Gasteiger partial charge in [-0.05, 0) is 26.3 Å². The van der Waals surface area contributed by atoms with Crippen molar-refractivity contribution in [2.24, 2.45) is 4.99 Å². The van der Waals surface area contributed by atoms with E-state index in [1.54, 1.807) is 13.0 Å². The average molecular weight is 197 g/mol. The van der Waals surface area contributed by atoms with Crippen LogP contribution in [0.5, 0.6) is 0 Å². The van der Waals surface area contributed by atoms with Crippen molar-refractivity contribution in [2.75, 3.05) is 0 Å². The van der Waals surface area contributed by atoms with E-state index in [4.69, 9.17) is 0 Å². The molecule has 0 radical (unpaired) electrons. The number of halogens is 1. The third-order valence-corrected chi connectivity index (χ3v) is 1.72. The molecule has 0 heterocycles. The van der Waals surface area contributed by atoms with Crippen molar-refractivity contribution in [2.45, 2.75) is 33.2 Å². The fraction of sp³-hybridized carbons (Fsp3) is 0.455. The molecule has 1 atom stereocenters. The topological polar surface area (TPSA) is 29.4 Å². The van der Waals surface area contributed by atoms with Crippen molar-refractivity contribution in [1.29, 1.82) is 0 Å². The van der Waals surface area contributed by atoms with Gasteiger partial charge in [-0.15, -0.1) is 0 Å². The molecule has 3 heteroatoms. The molecule has 78 valence electrons. The molecule has 0 saturated heterocycles. The Balaban J connectivity index is 4.45. The predicted molar refractivity (Wildman–Crippen MR) is 57.3 cm³/mol. The molecule has 0 N–H and O–H groups in total. The van der Waals surface area contributed by atoms with Gasteiger partial charge in [0.15, 0.2) is 6.29 Å². The van der Waals surface area contributed by atoms with Crippen LogP contribution in [0.25, 0.3) is 0 Å². The summed E-state index contributed by atoms with van der Waals surface area (Å²) in [6.07, 6.45) is 6.01. The van der Waals surface area contributed by atoms with Crippen LogP contribution < -0.4 is 0 Å². The molecule has 0 fully saturated rings. The molecule has 0 rings (SSSR count). The van der Waals surface area contributed by atoms with Crippen LogP contribution >= 0.6 is 0 Å². The van der Waals surface area contributed by atoms with E-state index >= 15 is 0 Å². The summed E-state index contributed by atoms with van der Waals surface area (Å²) in [7, 11) is 0. The van der Waals surface area contributed by atoms with Crippen LogP contribution in [-0.4, -0.2) is 18.5 Å². The maximum Gasteiger partial charge on any atom is 0.151 e. The Morgan fingerprint density at radius 3 is 2.57 bits per heavy atom. The largest absolute Gasteiger partial charge is 0.298 e. The fourth-order valence-corrected chi connectivity index (χ4v) is 0.886. The van der Waals surface area contributed by atoms with Crippen LogP contribution in [0.15, 0.2) is 28.5 Å². The van der Waals surface area contributed by atoms with E-state index in [-0.39, 0.29) is 11.9 Å². The first-order valence-electron chi connectivity index (χ1n) is 4.62. The Morgan fingerprint density at radius 2 is 2.21 bits per heavy atom. The number of allylic oxidation sites excluding steroid dienone is 3. The molecular formula is C11H16FNO. The minimum atomic E-state index is -0.248. The second-order valence-corrected chi connectivity index (χ2v) is 2.91. The predicted octanol–water partition coefficient (Wildman–Crippen LogP) is 2.85. The van der Waals surface area contributed by atoms with Gasteiger partial charge in [-0.25, -0.2) is 4.39 Å². The van der Waals surface area contributed by atoms with Crippen molar-refractivity contribution >= 4 is 12.5 Å². The Hall–Kier alpha value is -1.25. The zero-order valence-electron chi connectivity index (χ0n) is 8.83. The lowest BCUT2D eigenvalue weighted by Crippen LogP contribution is -2.00. The normalized spacial score (nSPS) is 16.0. The van der Waals surface area contributed by atoms with Gasteiger partial charge in [-0.2, -0.15) is 0 Å². The lowest BCUT2D eigenvalue weighted by atomic mass is 10.2. The third kappa shape index (κ3) is 5.41. The van der Waals surface area contributed by atoms with Crippen LogP contribution in [0.1, 0.15) is 27.2 Å². The first-order valence-corrected chi connectivity index (χ1v) is 4.62. The summed E-state index contributed by atoms with van der Waals surface area (Å²) >= 11 is 0. The highest BCUT2D eigenvalue weighted by Crippen LogP contribution is 2.04. The summed E-state index contributed by atoms with van der Waals surface area (Å²) < 4.78 is 12.5. The highest BCUT2D eigenvalue weighted by molar-refractivity contribution is 6.01. The molecular weight excluding hydrogens is 181 g/mol. The summed E-state index contributed by atoms with van der Waals surface area (Å²) in [6, 6.07) is -0.185. The number of aliphatic imine (C=N–C) groups is 1. The maximum absolute atomic E-state index is 12.5. The molecule has 0 aromatic carbocycles. The van der Waals surface area contributed by atoms with Gasteiger partial charge in [0, 0.05) is 11.8 Å². The molecule has 2 nitrogen and oxygen atoms in total. The van der Waals surface area contributed by atoms with Crippen LogP contribution in [0.3, 0.4) is 0 Å². The molecule has 0 aromatic rings. The first kappa shape index (κ1) is 12.8. The second-order valence-electron chi connectivity index (χ2n) is 2.91. The van der Waals surface area contributed by atoms with Crippen LogP contribution in [-0.2, 0) is 4.79 Å². The Morgan fingerprint density at radius 1 is 1.57 bits per heavy atom. The number of aldehydes is 1. The van der Waals surface area contributed by atoms with E-state index in [9.17, 15) is 9.18 Å². The van der Waals surface area contributed by atoms with Crippen molar-refractivity contribution in [3.63, 3.8) is 0 Å². The summed E-state index contributed by atoms with van der Waals surface area (Å²) in [4.78, 5) is 14.5. The van der Waals surface area contributed by atoms with E-state index in [1.807, 2.05) is 6.92 Å². The number of hydrogen-bond acceptors (Lipinski definition) is 2. The molecule has 0 bridgehead atoms. The average Bonchev–Trinajstić information content (AvgIpc) is 2.17. The standard InChI is InChI=1S/C11H16FNO/c1-4-10(8-14)7-13-11(5-2)6-9(3)12/h4,6-8,11H,5H2,1-3H3/b9-6-,10-4+,13-7?. The molecule has 0 saturated carbocycles. The summed E-state index contributed by atoms with van der Waals surface area (Å²) in [5.41, 5.74) is 0.508. The third-order valence-electron chi connectivity index (χ3n) is 1.72.